The molecular formula is C20H20N4O4. The molecular weight excluding hydrogens is 360 g/mol. The number of hydrogen-bond acceptors (Lipinski definition) is 7. The van der Waals surface area contributed by atoms with Crippen LogP contribution in [0, 0.1) is 5.92 Å². The van der Waals surface area contributed by atoms with Crippen LogP contribution >= 0.6 is 0 Å². The number of oxazole rings is 1. The van der Waals surface area contributed by atoms with Crippen molar-refractivity contribution in [3.05, 3.63) is 42.1 Å². The van der Waals surface area contributed by atoms with Crippen molar-refractivity contribution in [2.24, 2.45) is 5.92 Å². The fourth-order valence-electron chi connectivity index (χ4n) is 3.64. The van der Waals surface area contributed by atoms with Gasteiger partial charge in [0, 0.05) is 25.8 Å². The molecule has 1 atom stereocenters. The van der Waals surface area contributed by atoms with Crippen LogP contribution in [0.2, 0.25) is 0 Å². The number of nitrogens with one attached hydrogen (secondary N) is 1. The lowest BCUT2D eigenvalue weighted by atomic mass is 9.97. The van der Waals surface area contributed by atoms with Crippen LogP contribution in [0.3, 0.4) is 0 Å². The molecule has 1 N–H and O–H groups in total. The number of hydrogen-bond donors (Lipinski definition) is 1. The number of benzene rings is 1. The number of fused-ring (bicyclic) bond motifs is 2. The van der Waals surface area contributed by atoms with Gasteiger partial charge in [-0.25, -0.2) is 4.98 Å². The standard InChI is InChI=1S/C20H20N4O4/c25-19(22-10-13-5-6-15-17(9-13)27-12-26-15)14-3-2-8-24(11-14)20-23-18-16(28-20)4-1-7-21-18/h1,4-7,9,14H,2-3,8,10-12H2,(H,22,25). The Hall–Kier alpha value is -3.29. The van der Waals surface area contributed by atoms with E-state index >= 15 is 0 Å². The molecule has 0 saturated carbocycles. The second kappa shape index (κ2) is 7.03. The second-order valence-electron chi connectivity index (χ2n) is 7.01. The van der Waals surface area contributed by atoms with E-state index in [0.29, 0.717) is 30.3 Å². The molecule has 1 saturated heterocycles. The first-order chi connectivity index (χ1) is 13.8. The molecule has 28 heavy (non-hydrogen) atoms. The molecule has 8 nitrogen and oxygen atoms in total. The molecule has 1 unspecified atom stereocenters. The summed E-state index contributed by atoms with van der Waals surface area (Å²) in [5, 5.41) is 3.03. The lowest BCUT2D eigenvalue weighted by molar-refractivity contribution is -0.125. The largest absolute Gasteiger partial charge is 0.454 e. The van der Waals surface area contributed by atoms with Crippen molar-refractivity contribution >= 4 is 23.2 Å². The number of carbonyl (C=O) groups excluding carboxylic acids is 1. The molecule has 0 aliphatic carbocycles. The molecule has 8 heteroatoms. The summed E-state index contributed by atoms with van der Waals surface area (Å²) in [4.78, 5) is 23.4. The van der Waals surface area contributed by atoms with Crippen molar-refractivity contribution in [2.45, 2.75) is 19.4 Å². The van der Waals surface area contributed by atoms with Crippen molar-refractivity contribution in [1.82, 2.24) is 15.3 Å². The minimum Gasteiger partial charge on any atom is -0.454 e. The molecule has 4 heterocycles. The fourth-order valence-corrected chi connectivity index (χ4v) is 3.64. The van der Waals surface area contributed by atoms with Gasteiger partial charge in [0.15, 0.2) is 17.1 Å². The Morgan fingerprint density at radius 1 is 1.25 bits per heavy atom. The van der Waals surface area contributed by atoms with Crippen molar-refractivity contribution < 1.29 is 18.7 Å². The Balaban J connectivity index is 1.22. The van der Waals surface area contributed by atoms with E-state index in [1.54, 1.807) is 6.20 Å². The lowest BCUT2D eigenvalue weighted by Crippen LogP contribution is -2.43. The van der Waals surface area contributed by atoms with E-state index in [2.05, 4.69) is 15.3 Å². The number of rotatable bonds is 4. The summed E-state index contributed by atoms with van der Waals surface area (Å²) >= 11 is 0. The highest BCUT2D eigenvalue weighted by molar-refractivity contribution is 5.79. The van der Waals surface area contributed by atoms with Gasteiger partial charge in [0.05, 0.1) is 5.92 Å². The quantitative estimate of drug-likeness (QED) is 0.744. The van der Waals surface area contributed by atoms with Crippen LogP contribution in [0.1, 0.15) is 18.4 Å². The second-order valence-corrected chi connectivity index (χ2v) is 7.01. The smallest absolute Gasteiger partial charge is 0.299 e. The molecule has 0 spiro atoms. The summed E-state index contributed by atoms with van der Waals surface area (Å²) < 4.78 is 16.5. The molecule has 0 bridgehead atoms. The van der Waals surface area contributed by atoms with Crippen molar-refractivity contribution in [3.63, 3.8) is 0 Å². The van der Waals surface area contributed by atoms with E-state index in [9.17, 15) is 4.79 Å². The minimum absolute atomic E-state index is 0.0385. The Bertz CT molecular complexity index is 985. The number of nitrogens with zero attached hydrogens (tertiary/aromatic N) is 3. The summed E-state index contributed by atoms with van der Waals surface area (Å²) in [6, 6.07) is 9.90. The predicted octanol–water partition coefficient (Wildman–Crippen LogP) is 2.48. The van der Waals surface area contributed by atoms with Crippen LogP contribution in [0.15, 0.2) is 40.9 Å². The van der Waals surface area contributed by atoms with Crippen LogP contribution in [-0.4, -0.2) is 35.8 Å². The van der Waals surface area contributed by atoms with E-state index < -0.39 is 0 Å². The third-order valence-electron chi connectivity index (χ3n) is 5.12. The van der Waals surface area contributed by atoms with E-state index in [1.807, 2.05) is 35.2 Å². The fraction of sp³-hybridized carbons (Fsp3) is 0.350. The van der Waals surface area contributed by atoms with Crippen LogP contribution in [0.25, 0.3) is 11.2 Å². The van der Waals surface area contributed by atoms with Crippen molar-refractivity contribution in [2.75, 3.05) is 24.8 Å². The minimum atomic E-state index is -0.106. The molecule has 3 aromatic rings. The van der Waals surface area contributed by atoms with Gasteiger partial charge in [0.1, 0.15) is 0 Å². The zero-order valence-corrected chi connectivity index (χ0v) is 15.3. The Morgan fingerprint density at radius 2 is 2.18 bits per heavy atom. The van der Waals surface area contributed by atoms with Crippen LogP contribution in [-0.2, 0) is 11.3 Å². The number of aromatic nitrogens is 2. The highest BCUT2D eigenvalue weighted by atomic mass is 16.7. The van der Waals surface area contributed by atoms with Gasteiger partial charge in [-0.1, -0.05) is 6.07 Å². The summed E-state index contributed by atoms with van der Waals surface area (Å²) in [5.74, 6) is 1.40. The van der Waals surface area contributed by atoms with E-state index in [4.69, 9.17) is 13.9 Å². The molecule has 5 rings (SSSR count). The van der Waals surface area contributed by atoms with Gasteiger partial charge in [0.2, 0.25) is 18.3 Å². The molecule has 1 amide bonds. The summed E-state index contributed by atoms with van der Waals surface area (Å²) in [7, 11) is 0. The first kappa shape index (κ1) is 16.9. The molecule has 1 fully saturated rings. The first-order valence-corrected chi connectivity index (χ1v) is 9.39. The van der Waals surface area contributed by atoms with Gasteiger partial charge in [0.25, 0.3) is 6.01 Å². The normalized spacial score (nSPS) is 18.4. The highest BCUT2D eigenvalue weighted by Crippen LogP contribution is 2.32. The third kappa shape index (κ3) is 3.21. The zero-order valence-electron chi connectivity index (χ0n) is 15.3. The molecule has 0 radical (unpaired) electrons. The first-order valence-electron chi connectivity index (χ1n) is 9.39. The number of anilines is 1. The summed E-state index contributed by atoms with van der Waals surface area (Å²) in [5.41, 5.74) is 2.23. The SMILES string of the molecule is O=C(NCc1ccc2c(c1)OCO2)C1CCCN(c2nc3ncccc3o2)C1. The van der Waals surface area contributed by atoms with Gasteiger partial charge < -0.3 is 24.1 Å². The predicted molar refractivity (Wildman–Crippen MR) is 101 cm³/mol. The molecule has 144 valence electrons. The van der Waals surface area contributed by atoms with E-state index in [0.717, 1.165) is 36.4 Å². The summed E-state index contributed by atoms with van der Waals surface area (Å²) in [6.45, 7) is 2.10. The van der Waals surface area contributed by atoms with Gasteiger partial charge >= 0.3 is 0 Å². The average molecular weight is 380 g/mol. The van der Waals surface area contributed by atoms with Crippen molar-refractivity contribution in [3.8, 4) is 11.5 Å². The molecule has 2 aliphatic rings. The Labute approximate surface area is 161 Å². The van der Waals surface area contributed by atoms with Gasteiger partial charge in [-0.2, -0.15) is 4.98 Å². The number of amides is 1. The maximum atomic E-state index is 12.7. The van der Waals surface area contributed by atoms with Gasteiger partial charge in [-0.3, -0.25) is 4.79 Å². The Morgan fingerprint density at radius 3 is 3.11 bits per heavy atom. The van der Waals surface area contributed by atoms with Crippen LogP contribution in [0.4, 0.5) is 6.01 Å². The topological polar surface area (TPSA) is 89.7 Å². The molecule has 2 aromatic heterocycles. The number of pyridine rings is 1. The van der Waals surface area contributed by atoms with E-state index in [-0.39, 0.29) is 18.6 Å². The Kier molecular flexibility index (Phi) is 4.23. The highest BCUT2D eigenvalue weighted by Gasteiger charge is 2.28. The monoisotopic (exact) mass is 380 g/mol. The molecule has 1 aromatic carbocycles. The maximum Gasteiger partial charge on any atom is 0.299 e. The number of ether oxygens (including phenoxy) is 2. The molecule has 2 aliphatic heterocycles. The maximum absolute atomic E-state index is 12.7. The average Bonchev–Trinajstić information content (AvgIpc) is 3.38. The summed E-state index contributed by atoms with van der Waals surface area (Å²) in [6.07, 6.45) is 3.45. The third-order valence-corrected chi connectivity index (χ3v) is 5.12. The van der Waals surface area contributed by atoms with Gasteiger partial charge in [-0.05, 0) is 42.7 Å². The zero-order chi connectivity index (χ0) is 18.9. The van der Waals surface area contributed by atoms with Crippen LogP contribution in [0.5, 0.6) is 11.5 Å². The van der Waals surface area contributed by atoms with E-state index in [1.165, 1.54) is 0 Å². The van der Waals surface area contributed by atoms with Crippen molar-refractivity contribution in [1.29, 1.82) is 0 Å². The van der Waals surface area contributed by atoms with Gasteiger partial charge in [-0.15, -0.1) is 0 Å². The number of carbonyl (C=O) groups is 1. The lowest BCUT2D eigenvalue weighted by Gasteiger charge is -2.30. The van der Waals surface area contributed by atoms with Crippen LogP contribution < -0.4 is 19.7 Å². The number of piperidine rings is 1.